The topological polar surface area (TPSA) is 51.5 Å². The minimum Gasteiger partial charge on any atom is -0.497 e. The second-order valence-corrected chi connectivity index (χ2v) is 9.23. The Kier molecular flexibility index (Phi) is 5.78. The average Bonchev–Trinajstić information content (AvgIpc) is 3.00. The molecule has 0 spiro atoms. The van der Waals surface area contributed by atoms with Gasteiger partial charge in [0.25, 0.3) is 10.0 Å². The SMILES string of the molecule is COc1ccc(S(=O)(=O)n2cc(SCCN(C)C)c3cc(F)ccc32)cc1. The standard InChI is InChI=1S/C19H21FN2O3S2/c1-21(2)10-11-26-19-13-22(18-9-4-14(20)12-17(18)19)27(23,24)16-7-5-15(25-3)6-8-16/h4-9,12-13H,10-11H2,1-3H3. The maximum atomic E-state index is 13.8. The second-order valence-electron chi connectivity index (χ2n) is 6.28. The zero-order chi connectivity index (χ0) is 19.6. The summed E-state index contributed by atoms with van der Waals surface area (Å²) in [6, 6.07) is 10.4. The average molecular weight is 409 g/mol. The number of hydrogen-bond acceptors (Lipinski definition) is 5. The number of hydrogen-bond donors (Lipinski definition) is 0. The molecule has 0 atom stereocenters. The van der Waals surface area contributed by atoms with Crippen molar-refractivity contribution < 1.29 is 17.5 Å². The van der Waals surface area contributed by atoms with E-state index in [2.05, 4.69) is 0 Å². The molecule has 0 fully saturated rings. The quantitative estimate of drug-likeness (QED) is 0.558. The van der Waals surface area contributed by atoms with Gasteiger partial charge in [-0.1, -0.05) is 0 Å². The van der Waals surface area contributed by atoms with Gasteiger partial charge in [0.1, 0.15) is 11.6 Å². The summed E-state index contributed by atoms with van der Waals surface area (Å²) >= 11 is 1.51. The Hall–Kier alpha value is -2.03. The number of ether oxygens (including phenoxy) is 1. The molecule has 0 aliphatic heterocycles. The van der Waals surface area contributed by atoms with Crippen molar-refractivity contribution in [1.82, 2.24) is 8.87 Å². The van der Waals surface area contributed by atoms with E-state index in [1.165, 1.54) is 53.2 Å². The number of aromatic nitrogens is 1. The molecule has 0 saturated heterocycles. The fourth-order valence-corrected chi connectivity index (χ4v) is 5.27. The summed E-state index contributed by atoms with van der Waals surface area (Å²) in [6.07, 6.45) is 1.57. The van der Waals surface area contributed by atoms with Crippen molar-refractivity contribution in [2.24, 2.45) is 0 Å². The molecule has 1 aromatic heterocycles. The molecule has 8 heteroatoms. The molecule has 0 bridgehead atoms. The number of rotatable bonds is 7. The summed E-state index contributed by atoms with van der Waals surface area (Å²) < 4.78 is 46.4. The number of benzene rings is 2. The molecular weight excluding hydrogens is 387 g/mol. The zero-order valence-electron chi connectivity index (χ0n) is 15.3. The van der Waals surface area contributed by atoms with E-state index in [1.54, 1.807) is 18.3 Å². The Bertz CT molecular complexity index is 1040. The van der Waals surface area contributed by atoms with Gasteiger partial charge in [-0.2, -0.15) is 0 Å². The highest BCUT2D eigenvalue weighted by Crippen LogP contribution is 2.33. The van der Waals surface area contributed by atoms with Crippen LogP contribution in [0, 0.1) is 5.82 Å². The first-order chi connectivity index (χ1) is 12.8. The van der Waals surface area contributed by atoms with Crippen LogP contribution >= 0.6 is 11.8 Å². The van der Waals surface area contributed by atoms with Crippen molar-refractivity contribution >= 4 is 32.7 Å². The third-order valence-corrected chi connectivity index (χ3v) is 6.82. The summed E-state index contributed by atoms with van der Waals surface area (Å²) in [5.74, 6) is 0.954. The number of thioether (sulfide) groups is 1. The van der Waals surface area contributed by atoms with Crippen molar-refractivity contribution in [3.63, 3.8) is 0 Å². The van der Waals surface area contributed by atoms with Gasteiger partial charge in [0.05, 0.1) is 17.5 Å². The molecule has 27 heavy (non-hydrogen) atoms. The van der Waals surface area contributed by atoms with Crippen molar-refractivity contribution in [2.45, 2.75) is 9.79 Å². The van der Waals surface area contributed by atoms with Gasteiger partial charge in [-0.05, 0) is 56.6 Å². The summed E-state index contributed by atoms with van der Waals surface area (Å²) in [5.41, 5.74) is 0.458. The van der Waals surface area contributed by atoms with E-state index in [9.17, 15) is 12.8 Å². The van der Waals surface area contributed by atoms with Crippen LogP contribution in [-0.2, 0) is 10.0 Å². The van der Waals surface area contributed by atoms with E-state index in [0.717, 1.165) is 17.2 Å². The normalized spacial score (nSPS) is 12.0. The highest BCUT2D eigenvalue weighted by molar-refractivity contribution is 7.99. The van der Waals surface area contributed by atoms with Gasteiger partial charge in [0.15, 0.2) is 0 Å². The Balaban J connectivity index is 2.07. The van der Waals surface area contributed by atoms with Gasteiger partial charge in [0, 0.05) is 28.8 Å². The number of nitrogens with zero attached hydrogens (tertiary/aromatic N) is 2. The Morgan fingerprint density at radius 1 is 1.15 bits per heavy atom. The van der Waals surface area contributed by atoms with Gasteiger partial charge >= 0.3 is 0 Å². The predicted molar refractivity (Wildman–Crippen MR) is 107 cm³/mol. The van der Waals surface area contributed by atoms with Crippen LogP contribution in [-0.4, -0.2) is 50.8 Å². The van der Waals surface area contributed by atoms with E-state index < -0.39 is 15.8 Å². The maximum Gasteiger partial charge on any atom is 0.268 e. The first-order valence-electron chi connectivity index (χ1n) is 8.30. The van der Waals surface area contributed by atoms with Crippen LogP contribution in [0.2, 0.25) is 0 Å². The summed E-state index contributed by atoms with van der Waals surface area (Å²) in [5, 5.41) is 0.593. The Morgan fingerprint density at radius 2 is 1.85 bits per heavy atom. The van der Waals surface area contributed by atoms with E-state index >= 15 is 0 Å². The Morgan fingerprint density at radius 3 is 2.48 bits per heavy atom. The van der Waals surface area contributed by atoms with Crippen LogP contribution in [0.1, 0.15) is 0 Å². The number of fused-ring (bicyclic) bond motifs is 1. The van der Waals surface area contributed by atoms with E-state index in [0.29, 0.717) is 16.7 Å². The van der Waals surface area contributed by atoms with Gasteiger partial charge in [-0.15, -0.1) is 11.8 Å². The second kappa shape index (κ2) is 7.92. The van der Waals surface area contributed by atoms with Crippen molar-refractivity contribution in [1.29, 1.82) is 0 Å². The van der Waals surface area contributed by atoms with Gasteiger partial charge in [-0.3, -0.25) is 0 Å². The first-order valence-corrected chi connectivity index (χ1v) is 10.7. The highest BCUT2D eigenvalue weighted by Gasteiger charge is 2.22. The molecule has 0 unspecified atom stereocenters. The van der Waals surface area contributed by atoms with Crippen molar-refractivity contribution in [2.75, 3.05) is 33.5 Å². The lowest BCUT2D eigenvalue weighted by molar-refractivity contribution is 0.414. The summed E-state index contributed by atoms with van der Waals surface area (Å²) in [6.45, 7) is 0.831. The molecule has 144 valence electrons. The molecule has 0 amide bonds. The predicted octanol–water partition coefficient (Wildman–Crippen LogP) is 3.68. The van der Waals surface area contributed by atoms with E-state index in [4.69, 9.17) is 4.74 Å². The highest BCUT2D eigenvalue weighted by atomic mass is 32.2. The molecule has 3 aromatic rings. The zero-order valence-corrected chi connectivity index (χ0v) is 17.0. The van der Waals surface area contributed by atoms with Crippen LogP contribution in [0.3, 0.4) is 0 Å². The van der Waals surface area contributed by atoms with Crippen LogP contribution < -0.4 is 4.74 Å². The number of methoxy groups -OCH3 is 1. The van der Waals surface area contributed by atoms with Crippen LogP contribution in [0.5, 0.6) is 5.75 Å². The first kappa shape index (κ1) is 19.7. The lowest BCUT2D eigenvalue weighted by atomic mass is 10.2. The van der Waals surface area contributed by atoms with Crippen LogP contribution in [0.15, 0.2) is 58.5 Å². The third-order valence-electron chi connectivity index (χ3n) is 4.11. The van der Waals surface area contributed by atoms with Gasteiger partial charge in [-0.25, -0.2) is 16.8 Å². The lowest BCUT2D eigenvalue weighted by Crippen LogP contribution is -2.14. The largest absolute Gasteiger partial charge is 0.497 e. The van der Waals surface area contributed by atoms with Gasteiger partial charge < -0.3 is 9.64 Å². The van der Waals surface area contributed by atoms with Crippen molar-refractivity contribution in [3.8, 4) is 5.75 Å². The van der Waals surface area contributed by atoms with Crippen LogP contribution in [0.4, 0.5) is 4.39 Å². The fourth-order valence-electron chi connectivity index (χ4n) is 2.66. The van der Waals surface area contributed by atoms with Crippen molar-refractivity contribution in [3.05, 3.63) is 54.5 Å². The van der Waals surface area contributed by atoms with E-state index in [1.807, 2.05) is 19.0 Å². The summed E-state index contributed by atoms with van der Waals surface area (Å²) in [7, 11) is 1.65. The van der Waals surface area contributed by atoms with Crippen LogP contribution in [0.25, 0.3) is 10.9 Å². The molecular formula is C19H21FN2O3S2. The number of halogens is 1. The van der Waals surface area contributed by atoms with Gasteiger partial charge in [0.2, 0.25) is 0 Å². The van der Waals surface area contributed by atoms with E-state index in [-0.39, 0.29) is 4.90 Å². The molecule has 5 nitrogen and oxygen atoms in total. The monoisotopic (exact) mass is 408 g/mol. The molecule has 0 N–H and O–H groups in total. The lowest BCUT2D eigenvalue weighted by Gasteiger charge is -2.08. The smallest absolute Gasteiger partial charge is 0.268 e. The minimum atomic E-state index is -3.81. The maximum absolute atomic E-state index is 13.8. The molecule has 3 rings (SSSR count). The molecule has 0 aliphatic rings. The molecule has 0 radical (unpaired) electrons. The molecule has 0 saturated carbocycles. The summed E-state index contributed by atoms with van der Waals surface area (Å²) in [4.78, 5) is 2.93. The molecule has 0 aliphatic carbocycles. The third kappa shape index (κ3) is 4.12. The Labute approximate surface area is 162 Å². The fraction of sp³-hybridized carbons (Fsp3) is 0.263. The molecule has 1 heterocycles. The molecule has 2 aromatic carbocycles. The minimum absolute atomic E-state index is 0.148.